The summed E-state index contributed by atoms with van der Waals surface area (Å²) in [7, 11) is 0. The highest BCUT2D eigenvalue weighted by Crippen LogP contribution is 2.25. The molecule has 1 heterocycles. The van der Waals surface area contributed by atoms with E-state index < -0.39 is 29.9 Å². The molecule has 0 aliphatic carbocycles. The number of amides is 1. The Kier molecular flexibility index (Phi) is 6.07. The van der Waals surface area contributed by atoms with Gasteiger partial charge in [-0.25, -0.2) is 8.78 Å². The zero-order valence-electron chi connectivity index (χ0n) is 14.7. The van der Waals surface area contributed by atoms with Crippen molar-refractivity contribution in [3.8, 4) is 0 Å². The zero-order chi connectivity index (χ0) is 19.4. The zero-order valence-corrected chi connectivity index (χ0v) is 14.7. The molecule has 0 saturated heterocycles. The first kappa shape index (κ1) is 19.6. The first-order chi connectivity index (χ1) is 12.2. The van der Waals surface area contributed by atoms with Crippen LogP contribution in [0.15, 0.2) is 30.5 Å². The van der Waals surface area contributed by atoms with Gasteiger partial charge < -0.3 is 10.4 Å². The number of hydrogen-bond donors (Lipinski definition) is 2. The summed E-state index contributed by atoms with van der Waals surface area (Å²) in [5, 5.41) is 15.4. The summed E-state index contributed by atoms with van der Waals surface area (Å²) in [6, 6.07) is 6.22. The van der Waals surface area contributed by atoms with Gasteiger partial charge in [0.25, 0.3) is 12.3 Å². The average molecular weight is 365 g/mol. The Bertz CT molecular complexity index is 785. The molecule has 8 heteroatoms. The standard InChI is InChI=1S/C18H21F2N3O3/c1-10(2)9-23-15(16(19)20)14(8-21-23)17(24)22-13-6-4-12(5-7-13)11(3)18(25)26/h4-8,10-11,16H,9H2,1-3H3,(H,22,24)(H,25,26). The molecule has 0 fully saturated rings. The smallest absolute Gasteiger partial charge is 0.310 e. The third kappa shape index (κ3) is 4.44. The molecule has 0 aliphatic heterocycles. The number of nitrogens with zero attached hydrogens (tertiary/aromatic N) is 2. The molecule has 1 aromatic heterocycles. The summed E-state index contributed by atoms with van der Waals surface area (Å²) in [6.45, 7) is 5.58. The van der Waals surface area contributed by atoms with E-state index in [0.717, 1.165) is 10.9 Å². The molecular weight excluding hydrogens is 344 g/mol. The van der Waals surface area contributed by atoms with Crippen LogP contribution in [0, 0.1) is 5.92 Å². The number of aromatic nitrogens is 2. The number of carboxylic acids is 1. The predicted molar refractivity (Wildman–Crippen MR) is 92.5 cm³/mol. The minimum atomic E-state index is -2.82. The van der Waals surface area contributed by atoms with E-state index >= 15 is 0 Å². The predicted octanol–water partition coefficient (Wildman–Crippen LogP) is 3.92. The van der Waals surface area contributed by atoms with Gasteiger partial charge in [-0.15, -0.1) is 0 Å². The number of aliphatic carboxylic acids is 1. The second-order valence-corrected chi connectivity index (χ2v) is 6.46. The fraction of sp³-hybridized carbons (Fsp3) is 0.389. The van der Waals surface area contributed by atoms with E-state index in [0.29, 0.717) is 11.3 Å². The van der Waals surface area contributed by atoms with Crippen molar-refractivity contribution < 1.29 is 23.5 Å². The highest BCUT2D eigenvalue weighted by Gasteiger charge is 2.25. The Balaban J connectivity index is 2.20. The summed E-state index contributed by atoms with van der Waals surface area (Å²) >= 11 is 0. The minimum Gasteiger partial charge on any atom is -0.481 e. The van der Waals surface area contributed by atoms with Crippen LogP contribution >= 0.6 is 0 Å². The van der Waals surface area contributed by atoms with Crippen molar-refractivity contribution in [2.24, 2.45) is 5.92 Å². The summed E-state index contributed by atoms with van der Waals surface area (Å²) in [5.74, 6) is -2.22. The summed E-state index contributed by atoms with van der Waals surface area (Å²) in [6.07, 6.45) is -1.68. The van der Waals surface area contributed by atoms with Crippen LogP contribution in [-0.2, 0) is 11.3 Å². The topological polar surface area (TPSA) is 84.2 Å². The van der Waals surface area contributed by atoms with E-state index in [1.165, 1.54) is 12.1 Å². The highest BCUT2D eigenvalue weighted by atomic mass is 19.3. The van der Waals surface area contributed by atoms with Crippen molar-refractivity contribution in [1.29, 1.82) is 0 Å². The fourth-order valence-electron chi connectivity index (χ4n) is 2.49. The Morgan fingerprint density at radius 3 is 2.31 bits per heavy atom. The Labute approximate surface area is 149 Å². The van der Waals surface area contributed by atoms with E-state index in [4.69, 9.17) is 5.11 Å². The Morgan fingerprint density at radius 2 is 1.81 bits per heavy atom. The average Bonchev–Trinajstić information content (AvgIpc) is 2.98. The maximum atomic E-state index is 13.4. The van der Waals surface area contributed by atoms with Gasteiger partial charge in [0, 0.05) is 12.2 Å². The van der Waals surface area contributed by atoms with Crippen LogP contribution in [0.4, 0.5) is 14.5 Å². The molecule has 2 rings (SSSR count). The highest BCUT2D eigenvalue weighted by molar-refractivity contribution is 6.05. The number of nitrogens with one attached hydrogen (secondary N) is 1. The van der Waals surface area contributed by atoms with E-state index in [2.05, 4.69) is 10.4 Å². The van der Waals surface area contributed by atoms with Crippen LogP contribution < -0.4 is 5.32 Å². The molecule has 26 heavy (non-hydrogen) atoms. The van der Waals surface area contributed by atoms with Crippen molar-refractivity contribution in [3.63, 3.8) is 0 Å². The molecular formula is C18H21F2N3O3. The number of alkyl halides is 2. The van der Waals surface area contributed by atoms with Gasteiger partial charge >= 0.3 is 5.97 Å². The summed E-state index contributed by atoms with van der Waals surface area (Å²) < 4.78 is 27.9. The van der Waals surface area contributed by atoms with Gasteiger partial charge in [-0.3, -0.25) is 14.3 Å². The second kappa shape index (κ2) is 8.07. The maximum Gasteiger partial charge on any atom is 0.310 e. The second-order valence-electron chi connectivity index (χ2n) is 6.46. The lowest BCUT2D eigenvalue weighted by molar-refractivity contribution is -0.138. The van der Waals surface area contributed by atoms with Gasteiger partial charge in [0.2, 0.25) is 0 Å². The van der Waals surface area contributed by atoms with E-state index in [-0.39, 0.29) is 18.0 Å². The third-order valence-electron chi connectivity index (χ3n) is 3.91. The summed E-state index contributed by atoms with van der Waals surface area (Å²) in [5.41, 5.74) is 0.373. The fourth-order valence-corrected chi connectivity index (χ4v) is 2.49. The van der Waals surface area contributed by atoms with Crippen molar-refractivity contribution in [2.75, 3.05) is 5.32 Å². The molecule has 2 N–H and O–H groups in total. The molecule has 1 atom stereocenters. The van der Waals surface area contributed by atoms with E-state index in [9.17, 15) is 18.4 Å². The molecule has 6 nitrogen and oxygen atoms in total. The largest absolute Gasteiger partial charge is 0.481 e. The minimum absolute atomic E-state index is 0.104. The van der Waals surface area contributed by atoms with E-state index in [1.807, 2.05) is 13.8 Å². The molecule has 1 aromatic carbocycles. The monoisotopic (exact) mass is 365 g/mol. The first-order valence-corrected chi connectivity index (χ1v) is 8.18. The van der Waals surface area contributed by atoms with Crippen LogP contribution in [0.25, 0.3) is 0 Å². The van der Waals surface area contributed by atoms with Gasteiger partial charge in [-0.05, 0) is 30.5 Å². The maximum absolute atomic E-state index is 13.4. The molecule has 0 aliphatic rings. The number of rotatable bonds is 7. The molecule has 0 saturated carbocycles. The number of benzene rings is 1. The van der Waals surface area contributed by atoms with Crippen molar-refractivity contribution >= 4 is 17.6 Å². The SMILES string of the molecule is CC(C)Cn1ncc(C(=O)Nc2ccc(C(C)C(=O)O)cc2)c1C(F)F. The Hall–Kier alpha value is -2.77. The molecule has 140 valence electrons. The van der Waals surface area contributed by atoms with Crippen LogP contribution in [-0.4, -0.2) is 26.8 Å². The number of carbonyl (C=O) groups excluding carboxylic acids is 1. The summed E-state index contributed by atoms with van der Waals surface area (Å²) in [4.78, 5) is 23.4. The van der Waals surface area contributed by atoms with Crippen LogP contribution in [0.2, 0.25) is 0 Å². The number of anilines is 1. The van der Waals surface area contributed by atoms with Gasteiger partial charge in [0.15, 0.2) is 0 Å². The lowest BCUT2D eigenvalue weighted by atomic mass is 10.0. The number of halogens is 2. The van der Waals surface area contributed by atoms with Crippen LogP contribution in [0.5, 0.6) is 0 Å². The quantitative estimate of drug-likeness (QED) is 0.779. The van der Waals surface area contributed by atoms with Gasteiger partial charge in [-0.1, -0.05) is 26.0 Å². The molecule has 0 bridgehead atoms. The number of carbonyl (C=O) groups is 2. The van der Waals surface area contributed by atoms with Crippen LogP contribution in [0.3, 0.4) is 0 Å². The van der Waals surface area contributed by atoms with Crippen molar-refractivity contribution in [3.05, 3.63) is 47.3 Å². The van der Waals surface area contributed by atoms with Crippen LogP contribution in [0.1, 0.15) is 54.7 Å². The lowest BCUT2D eigenvalue weighted by Gasteiger charge is -2.11. The number of hydrogen-bond acceptors (Lipinski definition) is 3. The molecule has 1 amide bonds. The molecule has 1 unspecified atom stereocenters. The Morgan fingerprint density at radius 1 is 1.19 bits per heavy atom. The molecule has 0 spiro atoms. The van der Waals surface area contributed by atoms with Gasteiger partial charge in [0.1, 0.15) is 5.69 Å². The van der Waals surface area contributed by atoms with Gasteiger partial charge in [-0.2, -0.15) is 5.10 Å². The lowest BCUT2D eigenvalue weighted by Crippen LogP contribution is -2.16. The number of carboxylic acid groups (broad SMARTS) is 1. The normalized spacial score (nSPS) is 12.4. The van der Waals surface area contributed by atoms with Crippen molar-refractivity contribution in [1.82, 2.24) is 9.78 Å². The molecule has 2 aromatic rings. The first-order valence-electron chi connectivity index (χ1n) is 8.18. The van der Waals surface area contributed by atoms with Gasteiger partial charge in [0.05, 0.1) is 17.7 Å². The van der Waals surface area contributed by atoms with E-state index in [1.54, 1.807) is 19.1 Å². The van der Waals surface area contributed by atoms with Crippen molar-refractivity contribution in [2.45, 2.75) is 39.7 Å². The third-order valence-corrected chi connectivity index (χ3v) is 3.91. The molecule has 0 radical (unpaired) electrons.